The van der Waals surface area contributed by atoms with E-state index in [2.05, 4.69) is 173 Å². The third-order valence-electron chi connectivity index (χ3n) is 9.73. The summed E-state index contributed by atoms with van der Waals surface area (Å²) in [5.74, 6) is 0.839. The van der Waals surface area contributed by atoms with Crippen LogP contribution in [-0.4, -0.2) is 18.0 Å². The summed E-state index contributed by atoms with van der Waals surface area (Å²) in [4.78, 5) is 9.42. The van der Waals surface area contributed by atoms with E-state index in [9.17, 15) is 0 Å². The molecule has 0 saturated carbocycles. The maximum Gasteiger partial charge on any atom is 0.0799 e. The molecule has 0 aliphatic carbocycles. The molecule has 8 rings (SSSR count). The predicted octanol–water partition coefficient (Wildman–Crippen LogP) is 13.0. The average molecular weight is 901 g/mol. The molecule has 5 heteroatoms. The molecular weight excluding hydrogens is 857 g/mol. The summed E-state index contributed by atoms with van der Waals surface area (Å²) in [5, 5.41) is 4.06. The quantitative estimate of drug-likeness (QED) is 0.118. The molecule has 8 aromatic rings. The Morgan fingerprint density at radius 3 is 2.09 bits per heavy atom. The van der Waals surface area contributed by atoms with Crippen molar-refractivity contribution in [2.75, 3.05) is 0 Å². The molecule has 0 amide bonds. The van der Waals surface area contributed by atoms with Crippen LogP contribution in [0.3, 0.4) is 0 Å². The number of rotatable bonds is 7. The van der Waals surface area contributed by atoms with E-state index in [0.717, 1.165) is 22.5 Å². The van der Waals surface area contributed by atoms with Gasteiger partial charge in [0.1, 0.15) is 0 Å². The Morgan fingerprint density at radius 1 is 0.660 bits per heavy atom. The van der Waals surface area contributed by atoms with Crippen molar-refractivity contribution in [1.29, 1.82) is 0 Å². The molecule has 1 atom stereocenters. The Bertz CT molecular complexity index is 2430. The van der Waals surface area contributed by atoms with E-state index in [0.29, 0.717) is 11.8 Å². The summed E-state index contributed by atoms with van der Waals surface area (Å²) in [5.41, 5.74) is 10.7. The fourth-order valence-corrected chi connectivity index (χ4v) is 9.81. The SMILES string of the molecule is CC(C)c1cc(-c2[c-]cccc2)ncc1[Si](C)(C)C.CC(c1ccccc1)c1ccnc(-c2[c-]ccc3c2sc2cccc(-c4ccccc4)c23)c1.[Ir]. The van der Waals surface area contributed by atoms with Crippen molar-refractivity contribution in [3.05, 3.63) is 175 Å². The van der Waals surface area contributed by atoms with Crippen LogP contribution in [0.15, 0.2) is 146 Å². The van der Waals surface area contributed by atoms with Crippen LogP contribution in [0.2, 0.25) is 19.6 Å². The third kappa shape index (κ3) is 8.35. The second-order valence-corrected chi connectivity index (χ2v) is 20.8. The van der Waals surface area contributed by atoms with Crippen molar-refractivity contribution in [2.24, 2.45) is 0 Å². The molecule has 0 N–H and O–H groups in total. The number of pyridine rings is 2. The van der Waals surface area contributed by atoms with Gasteiger partial charge in [0.2, 0.25) is 0 Å². The van der Waals surface area contributed by atoms with Crippen molar-refractivity contribution < 1.29 is 20.1 Å². The van der Waals surface area contributed by atoms with E-state index in [4.69, 9.17) is 4.98 Å². The Labute approximate surface area is 333 Å². The second-order valence-electron chi connectivity index (χ2n) is 14.7. The van der Waals surface area contributed by atoms with Crippen LogP contribution in [0, 0.1) is 12.1 Å². The van der Waals surface area contributed by atoms with E-state index in [1.165, 1.54) is 53.2 Å². The molecule has 0 aliphatic rings. The largest absolute Gasteiger partial charge is 0.305 e. The first-order valence-corrected chi connectivity index (χ1v) is 22.4. The smallest absolute Gasteiger partial charge is 0.0799 e. The molecule has 3 aromatic heterocycles. The molecule has 0 bridgehead atoms. The minimum atomic E-state index is -1.34. The van der Waals surface area contributed by atoms with Crippen molar-refractivity contribution in [2.45, 2.75) is 52.2 Å². The standard InChI is InChI=1S/C31H22NS.C17H22NSi.Ir/c1-21(22-10-4-2-5-11-22)24-18-19-32-28(20-24)26-15-8-16-27-30-25(23-12-6-3-7-13-23)14-9-17-29(30)33-31(26)27;1-13(2)15-11-16(14-9-7-6-8-10-14)18-12-17(15)19(3,4)5;/h2-14,16-21H,1H3;6-9,11-13H,1-5H3;/q2*-1;. The van der Waals surface area contributed by atoms with Gasteiger partial charge in [-0.3, -0.25) is 0 Å². The summed E-state index contributed by atoms with van der Waals surface area (Å²) >= 11 is 1.83. The normalized spacial score (nSPS) is 11.9. The second kappa shape index (κ2) is 16.7. The van der Waals surface area contributed by atoms with Crippen LogP contribution in [-0.2, 0) is 20.1 Å². The predicted molar refractivity (Wildman–Crippen MR) is 226 cm³/mol. The Kier molecular flexibility index (Phi) is 12.0. The van der Waals surface area contributed by atoms with Gasteiger partial charge < -0.3 is 9.97 Å². The van der Waals surface area contributed by atoms with Crippen molar-refractivity contribution in [3.8, 4) is 33.6 Å². The first-order chi connectivity index (χ1) is 25.2. The van der Waals surface area contributed by atoms with E-state index in [1.807, 2.05) is 41.8 Å². The van der Waals surface area contributed by atoms with Crippen LogP contribution in [0.5, 0.6) is 0 Å². The molecule has 0 fully saturated rings. The summed E-state index contributed by atoms with van der Waals surface area (Å²) in [7, 11) is -1.34. The molecule has 267 valence electrons. The van der Waals surface area contributed by atoms with Crippen molar-refractivity contribution in [1.82, 2.24) is 9.97 Å². The van der Waals surface area contributed by atoms with Crippen LogP contribution in [0.25, 0.3) is 53.8 Å². The monoisotopic (exact) mass is 901 g/mol. The summed E-state index contributed by atoms with van der Waals surface area (Å²) in [6.45, 7) is 13.9. The zero-order valence-electron chi connectivity index (χ0n) is 31.1. The molecule has 0 spiro atoms. The molecule has 53 heavy (non-hydrogen) atoms. The minimum Gasteiger partial charge on any atom is -0.305 e. The zero-order chi connectivity index (χ0) is 36.2. The van der Waals surface area contributed by atoms with Gasteiger partial charge in [-0.1, -0.05) is 136 Å². The van der Waals surface area contributed by atoms with Gasteiger partial charge in [-0.05, 0) is 67.0 Å². The Balaban J connectivity index is 0.000000206. The number of hydrogen-bond acceptors (Lipinski definition) is 3. The Hall–Kier alpha value is -4.51. The zero-order valence-corrected chi connectivity index (χ0v) is 35.4. The molecule has 5 aromatic carbocycles. The van der Waals surface area contributed by atoms with Crippen LogP contribution in [0.1, 0.15) is 49.3 Å². The first kappa shape index (κ1) is 38.2. The van der Waals surface area contributed by atoms with Gasteiger partial charge in [-0.15, -0.1) is 59.7 Å². The molecule has 0 saturated heterocycles. The maximum absolute atomic E-state index is 4.76. The number of benzene rings is 5. The third-order valence-corrected chi connectivity index (χ3v) is 13.0. The average Bonchev–Trinajstić information content (AvgIpc) is 3.58. The number of fused-ring (bicyclic) bond motifs is 3. The van der Waals surface area contributed by atoms with Crippen molar-refractivity contribution >= 4 is 44.8 Å². The molecule has 1 radical (unpaired) electrons. The maximum atomic E-state index is 4.76. The van der Waals surface area contributed by atoms with Crippen LogP contribution in [0.4, 0.5) is 0 Å². The number of thiophene rings is 1. The van der Waals surface area contributed by atoms with Gasteiger partial charge in [0.05, 0.1) is 8.07 Å². The van der Waals surface area contributed by atoms with E-state index in [-0.39, 0.29) is 20.1 Å². The van der Waals surface area contributed by atoms with Crippen molar-refractivity contribution in [3.63, 3.8) is 0 Å². The topological polar surface area (TPSA) is 25.8 Å². The van der Waals surface area contributed by atoms with Gasteiger partial charge in [0.25, 0.3) is 0 Å². The summed E-state index contributed by atoms with van der Waals surface area (Å²) in [6, 6.07) is 53.5. The van der Waals surface area contributed by atoms with Gasteiger partial charge >= 0.3 is 0 Å². The summed E-state index contributed by atoms with van der Waals surface area (Å²) < 4.78 is 2.54. The molecule has 3 heterocycles. The van der Waals surface area contributed by atoms with Crippen LogP contribution < -0.4 is 5.19 Å². The molecule has 1 unspecified atom stereocenters. The van der Waals surface area contributed by atoms with Gasteiger partial charge in [-0.2, -0.15) is 11.3 Å². The fraction of sp³-hybridized carbons (Fsp3) is 0.167. The van der Waals surface area contributed by atoms with Gasteiger partial charge in [0, 0.05) is 43.1 Å². The molecule has 2 nitrogen and oxygen atoms in total. The van der Waals surface area contributed by atoms with Gasteiger partial charge in [-0.25, -0.2) is 0 Å². The molecular formula is C48H44IrN2SSi-2. The van der Waals surface area contributed by atoms with Crippen LogP contribution >= 0.6 is 11.3 Å². The number of hydrogen-bond donors (Lipinski definition) is 0. The fourth-order valence-electron chi connectivity index (χ4n) is 6.90. The van der Waals surface area contributed by atoms with Gasteiger partial charge in [0.15, 0.2) is 0 Å². The van der Waals surface area contributed by atoms with E-state index < -0.39 is 8.07 Å². The Morgan fingerprint density at radius 2 is 1.40 bits per heavy atom. The van der Waals surface area contributed by atoms with E-state index in [1.54, 1.807) is 0 Å². The van der Waals surface area contributed by atoms with E-state index >= 15 is 0 Å². The summed E-state index contributed by atoms with van der Waals surface area (Å²) in [6.07, 6.45) is 4.03. The number of nitrogens with zero attached hydrogens (tertiary/aromatic N) is 2. The first-order valence-electron chi connectivity index (χ1n) is 18.1. The number of aromatic nitrogens is 2. The minimum absolute atomic E-state index is 0. The molecule has 0 aliphatic heterocycles.